The van der Waals surface area contributed by atoms with Crippen molar-refractivity contribution < 1.29 is 0 Å². The van der Waals surface area contributed by atoms with Gasteiger partial charge in [-0.05, 0) is 54.3 Å². The summed E-state index contributed by atoms with van der Waals surface area (Å²) >= 11 is 12.0. The number of nitrogens with one attached hydrogen (secondary N) is 1. The molecule has 2 aromatic rings. The van der Waals surface area contributed by atoms with Gasteiger partial charge in [-0.25, -0.2) is 0 Å². The van der Waals surface area contributed by atoms with Crippen molar-refractivity contribution in [1.29, 1.82) is 0 Å². The molecule has 0 bridgehead atoms. The monoisotopic (exact) mass is 292 g/mol. The molecule has 1 aliphatic carbocycles. The molecule has 3 N–H and O–H groups in total. The van der Waals surface area contributed by atoms with E-state index in [-0.39, 0.29) is 0 Å². The van der Waals surface area contributed by atoms with Crippen LogP contribution in [0.3, 0.4) is 0 Å². The van der Waals surface area contributed by atoms with Gasteiger partial charge in [0, 0.05) is 21.4 Å². The van der Waals surface area contributed by atoms with Crippen LogP contribution in [-0.4, -0.2) is 0 Å². The smallest absolute Gasteiger partial charge is 0.0519 e. The Labute approximate surface area is 122 Å². The van der Waals surface area contributed by atoms with Crippen LogP contribution in [0.15, 0.2) is 36.4 Å². The third kappa shape index (κ3) is 2.65. The Kier molecular flexibility index (Phi) is 3.29. The predicted octanol–water partition coefficient (Wildman–Crippen LogP) is 4.68. The molecule has 0 heterocycles. The minimum Gasteiger partial charge on any atom is -0.399 e. The Hall–Kier alpha value is -1.38. The largest absolute Gasteiger partial charge is 0.399 e. The van der Waals surface area contributed by atoms with E-state index in [1.165, 1.54) is 11.1 Å². The maximum atomic E-state index is 6.02. The molecule has 0 aliphatic heterocycles. The number of hydrogen-bond acceptors (Lipinski definition) is 2. The molecule has 0 amide bonds. The highest BCUT2D eigenvalue weighted by molar-refractivity contribution is 6.35. The van der Waals surface area contributed by atoms with E-state index >= 15 is 0 Å². The van der Waals surface area contributed by atoms with Crippen LogP contribution in [-0.2, 0) is 6.42 Å². The van der Waals surface area contributed by atoms with Crippen LogP contribution in [0.5, 0.6) is 0 Å². The number of hydrogen-bond donors (Lipinski definition) is 2. The molecule has 2 aromatic carbocycles. The minimum atomic E-state index is 0.296. The zero-order valence-corrected chi connectivity index (χ0v) is 11.8. The number of benzene rings is 2. The van der Waals surface area contributed by atoms with E-state index in [1.54, 1.807) is 6.07 Å². The van der Waals surface area contributed by atoms with Crippen LogP contribution in [0, 0.1) is 0 Å². The van der Waals surface area contributed by atoms with Crippen LogP contribution in [0.1, 0.15) is 23.6 Å². The summed E-state index contributed by atoms with van der Waals surface area (Å²) in [6.07, 6.45) is 2.11. The van der Waals surface area contributed by atoms with Gasteiger partial charge in [-0.3, -0.25) is 0 Å². The summed E-state index contributed by atoms with van der Waals surface area (Å²) in [5, 5.41) is 4.78. The molecule has 0 saturated carbocycles. The maximum absolute atomic E-state index is 6.02. The van der Waals surface area contributed by atoms with Crippen LogP contribution in [0.25, 0.3) is 0 Å². The standard InChI is InChI=1S/C15H14Cl2N2/c16-10-6-11(17)8-13(7-10)19-15-4-1-9-5-12(18)2-3-14(9)15/h2-3,5-8,15,19H,1,4,18H2. The van der Waals surface area contributed by atoms with Crippen molar-refractivity contribution in [3.63, 3.8) is 0 Å². The normalized spacial score (nSPS) is 17.3. The molecule has 1 atom stereocenters. The molecular formula is C15H14Cl2N2. The Bertz CT molecular complexity index is 605. The number of nitrogen functional groups attached to an aromatic ring is 1. The third-order valence-electron chi connectivity index (χ3n) is 3.45. The Morgan fingerprint density at radius 1 is 1.05 bits per heavy atom. The first-order chi connectivity index (χ1) is 9.11. The topological polar surface area (TPSA) is 38.0 Å². The summed E-state index contributed by atoms with van der Waals surface area (Å²) in [5.74, 6) is 0. The van der Waals surface area contributed by atoms with Crippen LogP contribution in [0.2, 0.25) is 10.0 Å². The van der Waals surface area contributed by atoms with Crippen LogP contribution < -0.4 is 11.1 Å². The van der Waals surface area contributed by atoms with Gasteiger partial charge < -0.3 is 11.1 Å². The lowest BCUT2D eigenvalue weighted by Crippen LogP contribution is -2.07. The second-order valence-corrected chi connectivity index (χ2v) is 5.72. The summed E-state index contributed by atoms with van der Waals surface area (Å²) in [5.41, 5.74) is 10.2. The molecule has 4 heteroatoms. The zero-order chi connectivity index (χ0) is 13.4. The fraction of sp³-hybridized carbons (Fsp3) is 0.200. The number of halogens is 2. The van der Waals surface area contributed by atoms with Crippen molar-refractivity contribution in [2.75, 3.05) is 11.1 Å². The molecule has 19 heavy (non-hydrogen) atoms. The first kappa shape index (κ1) is 12.6. The molecule has 0 saturated heterocycles. The number of anilines is 2. The molecule has 1 unspecified atom stereocenters. The zero-order valence-electron chi connectivity index (χ0n) is 10.3. The van der Waals surface area contributed by atoms with E-state index in [1.807, 2.05) is 18.2 Å². The minimum absolute atomic E-state index is 0.296. The van der Waals surface area contributed by atoms with Gasteiger partial charge in [0.15, 0.2) is 0 Å². The summed E-state index contributed by atoms with van der Waals surface area (Å²) in [7, 11) is 0. The van der Waals surface area contributed by atoms with Crippen molar-refractivity contribution in [3.05, 3.63) is 57.6 Å². The Morgan fingerprint density at radius 2 is 1.79 bits per heavy atom. The first-order valence-electron chi connectivity index (χ1n) is 6.23. The highest BCUT2D eigenvalue weighted by Crippen LogP contribution is 2.35. The molecule has 0 fully saturated rings. The Morgan fingerprint density at radius 3 is 2.53 bits per heavy atom. The van der Waals surface area contributed by atoms with Crippen molar-refractivity contribution in [2.24, 2.45) is 0 Å². The van der Waals surface area contributed by atoms with Gasteiger partial charge in [0.2, 0.25) is 0 Å². The van der Waals surface area contributed by atoms with Crippen molar-refractivity contribution in [1.82, 2.24) is 0 Å². The second kappa shape index (κ2) is 4.95. The summed E-state index contributed by atoms with van der Waals surface area (Å²) in [6.45, 7) is 0. The fourth-order valence-electron chi connectivity index (χ4n) is 2.63. The van der Waals surface area contributed by atoms with Crippen LogP contribution >= 0.6 is 23.2 Å². The fourth-order valence-corrected chi connectivity index (χ4v) is 3.15. The number of nitrogens with two attached hydrogens (primary N) is 1. The molecule has 0 radical (unpaired) electrons. The second-order valence-electron chi connectivity index (χ2n) is 4.85. The number of fused-ring (bicyclic) bond motifs is 1. The summed E-state index contributed by atoms with van der Waals surface area (Å²) in [6, 6.07) is 11.9. The molecule has 98 valence electrons. The highest BCUT2D eigenvalue weighted by atomic mass is 35.5. The van der Waals surface area contributed by atoms with Crippen molar-refractivity contribution in [2.45, 2.75) is 18.9 Å². The SMILES string of the molecule is Nc1ccc2c(c1)CCC2Nc1cc(Cl)cc(Cl)c1. The highest BCUT2D eigenvalue weighted by Gasteiger charge is 2.22. The lowest BCUT2D eigenvalue weighted by Gasteiger charge is -2.16. The maximum Gasteiger partial charge on any atom is 0.0519 e. The van der Waals surface area contributed by atoms with Gasteiger partial charge in [-0.1, -0.05) is 29.3 Å². The predicted molar refractivity (Wildman–Crippen MR) is 82.0 cm³/mol. The van der Waals surface area contributed by atoms with E-state index in [0.717, 1.165) is 24.2 Å². The van der Waals surface area contributed by atoms with Gasteiger partial charge in [0.05, 0.1) is 6.04 Å². The quantitative estimate of drug-likeness (QED) is 0.789. The van der Waals surface area contributed by atoms with Crippen molar-refractivity contribution >= 4 is 34.6 Å². The molecule has 3 rings (SSSR count). The third-order valence-corrected chi connectivity index (χ3v) is 3.88. The van der Waals surface area contributed by atoms with E-state index in [4.69, 9.17) is 28.9 Å². The average molecular weight is 293 g/mol. The summed E-state index contributed by atoms with van der Waals surface area (Å²) < 4.78 is 0. The number of aryl methyl sites for hydroxylation is 1. The first-order valence-corrected chi connectivity index (χ1v) is 6.98. The lowest BCUT2D eigenvalue weighted by molar-refractivity contribution is 0.762. The molecular weight excluding hydrogens is 279 g/mol. The molecule has 1 aliphatic rings. The van der Waals surface area contributed by atoms with Gasteiger partial charge in [0.1, 0.15) is 0 Å². The van der Waals surface area contributed by atoms with E-state index < -0.39 is 0 Å². The van der Waals surface area contributed by atoms with E-state index in [9.17, 15) is 0 Å². The summed E-state index contributed by atoms with van der Waals surface area (Å²) in [4.78, 5) is 0. The molecule has 0 spiro atoms. The van der Waals surface area contributed by atoms with E-state index in [0.29, 0.717) is 16.1 Å². The average Bonchev–Trinajstić information content (AvgIpc) is 2.70. The Balaban J connectivity index is 1.86. The van der Waals surface area contributed by atoms with Gasteiger partial charge in [0.25, 0.3) is 0 Å². The van der Waals surface area contributed by atoms with E-state index in [2.05, 4.69) is 17.4 Å². The van der Waals surface area contributed by atoms with Gasteiger partial charge in [-0.2, -0.15) is 0 Å². The number of rotatable bonds is 2. The molecule has 2 nitrogen and oxygen atoms in total. The lowest BCUT2D eigenvalue weighted by atomic mass is 10.1. The van der Waals surface area contributed by atoms with Crippen LogP contribution in [0.4, 0.5) is 11.4 Å². The van der Waals surface area contributed by atoms with Gasteiger partial charge in [-0.15, -0.1) is 0 Å². The van der Waals surface area contributed by atoms with Crippen molar-refractivity contribution in [3.8, 4) is 0 Å². The molecule has 0 aromatic heterocycles. The van der Waals surface area contributed by atoms with Gasteiger partial charge >= 0.3 is 0 Å².